The van der Waals surface area contributed by atoms with Crippen molar-refractivity contribution < 1.29 is 18.1 Å². The van der Waals surface area contributed by atoms with Crippen LogP contribution in [0.5, 0.6) is 0 Å². The van der Waals surface area contributed by atoms with Gasteiger partial charge in [0.05, 0.1) is 5.69 Å². The zero-order valence-corrected chi connectivity index (χ0v) is 14.5. The number of carbonyl (C=O) groups excluding carboxylic acids is 1. The van der Waals surface area contributed by atoms with E-state index in [2.05, 4.69) is 15.5 Å². The Kier molecular flexibility index (Phi) is 4.47. The summed E-state index contributed by atoms with van der Waals surface area (Å²) in [5, 5.41) is 8.53. The van der Waals surface area contributed by atoms with Crippen molar-refractivity contribution >= 4 is 22.4 Å². The molecule has 0 radical (unpaired) electrons. The highest BCUT2D eigenvalue weighted by atomic mass is 32.1. The van der Waals surface area contributed by atoms with Crippen LogP contribution in [-0.4, -0.2) is 16.0 Å². The molecule has 1 N–H and O–H groups in total. The second-order valence-electron chi connectivity index (χ2n) is 5.59. The van der Waals surface area contributed by atoms with Crippen molar-refractivity contribution in [1.29, 1.82) is 0 Å². The molecule has 0 spiro atoms. The van der Waals surface area contributed by atoms with E-state index in [0.29, 0.717) is 22.1 Å². The van der Waals surface area contributed by atoms with Crippen LogP contribution in [-0.2, 0) is 0 Å². The van der Waals surface area contributed by atoms with Crippen LogP contribution in [0.4, 0.5) is 13.9 Å². The van der Waals surface area contributed by atoms with Crippen molar-refractivity contribution in [3.8, 4) is 22.5 Å². The normalized spacial score (nSPS) is 10.7. The summed E-state index contributed by atoms with van der Waals surface area (Å²) in [6.45, 7) is 0. The molecule has 0 saturated heterocycles. The molecule has 0 aliphatic rings. The minimum absolute atomic E-state index is 0.0206. The molecule has 0 atom stereocenters. The van der Waals surface area contributed by atoms with Gasteiger partial charge in [-0.25, -0.2) is 13.8 Å². The van der Waals surface area contributed by atoms with Gasteiger partial charge in [-0.05, 0) is 36.4 Å². The molecule has 27 heavy (non-hydrogen) atoms. The molecular formula is C19H11F2N3O2S. The number of carbonyl (C=O) groups is 1. The lowest BCUT2D eigenvalue weighted by Gasteiger charge is -1.97. The van der Waals surface area contributed by atoms with E-state index in [0.717, 1.165) is 5.56 Å². The summed E-state index contributed by atoms with van der Waals surface area (Å²) < 4.78 is 31.4. The zero-order valence-electron chi connectivity index (χ0n) is 13.6. The number of amides is 1. The van der Waals surface area contributed by atoms with Crippen LogP contribution >= 0.6 is 11.3 Å². The maximum atomic E-state index is 13.3. The maximum Gasteiger partial charge on any atom is 0.296 e. The van der Waals surface area contributed by atoms with E-state index in [1.54, 1.807) is 29.6 Å². The Labute approximate surface area is 156 Å². The highest BCUT2D eigenvalue weighted by Gasteiger charge is 2.16. The van der Waals surface area contributed by atoms with Crippen LogP contribution in [0.1, 0.15) is 10.6 Å². The lowest BCUT2D eigenvalue weighted by Crippen LogP contribution is -2.10. The topological polar surface area (TPSA) is 68.0 Å². The van der Waals surface area contributed by atoms with Gasteiger partial charge in [-0.2, -0.15) is 0 Å². The molecule has 1 amide bonds. The molecule has 2 heterocycles. The molecule has 2 aromatic carbocycles. The van der Waals surface area contributed by atoms with Gasteiger partial charge in [0.1, 0.15) is 17.3 Å². The predicted molar refractivity (Wildman–Crippen MR) is 97.4 cm³/mol. The molecule has 0 saturated carbocycles. The predicted octanol–water partition coefficient (Wildman–Crippen LogP) is 5.00. The number of nitrogens with zero attached hydrogens (tertiary/aromatic N) is 2. The van der Waals surface area contributed by atoms with Crippen molar-refractivity contribution in [2.75, 3.05) is 5.32 Å². The fourth-order valence-electron chi connectivity index (χ4n) is 2.41. The highest BCUT2D eigenvalue weighted by Crippen LogP contribution is 2.26. The fraction of sp³-hybridized carbons (Fsp3) is 0. The summed E-state index contributed by atoms with van der Waals surface area (Å²) in [5.41, 5.74) is 2.21. The summed E-state index contributed by atoms with van der Waals surface area (Å²) in [5.74, 6) is -1.28. The number of hydrogen-bond acceptors (Lipinski definition) is 5. The van der Waals surface area contributed by atoms with E-state index in [-0.39, 0.29) is 11.6 Å². The first-order valence-corrected chi connectivity index (χ1v) is 8.72. The van der Waals surface area contributed by atoms with Crippen LogP contribution < -0.4 is 5.32 Å². The Balaban J connectivity index is 1.49. The molecule has 5 nitrogen and oxygen atoms in total. The Bertz CT molecular complexity index is 1110. The van der Waals surface area contributed by atoms with Gasteiger partial charge in [0.2, 0.25) is 5.76 Å². The van der Waals surface area contributed by atoms with Crippen molar-refractivity contribution in [3.05, 3.63) is 77.4 Å². The van der Waals surface area contributed by atoms with E-state index in [1.807, 2.05) is 0 Å². The summed E-state index contributed by atoms with van der Waals surface area (Å²) >= 11 is 1.23. The molecule has 8 heteroatoms. The van der Waals surface area contributed by atoms with E-state index in [4.69, 9.17) is 4.52 Å². The molecule has 0 unspecified atom stereocenters. The standard InChI is InChI=1S/C19H11F2N3O2S/c20-13-6-4-11(5-7-13)16-10-27-19(22-16)23-18(25)17-9-15(24-26-17)12-2-1-3-14(21)8-12/h1-10H,(H,22,23,25). The van der Waals surface area contributed by atoms with Gasteiger partial charge in [-0.1, -0.05) is 17.3 Å². The molecule has 0 bridgehead atoms. The average Bonchev–Trinajstić information content (AvgIpc) is 3.32. The number of anilines is 1. The molecule has 0 aliphatic carbocycles. The van der Waals surface area contributed by atoms with Gasteiger partial charge >= 0.3 is 0 Å². The van der Waals surface area contributed by atoms with Crippen molar-refractivity contribution in [3.63, 3.8) is 0 Å². The summed E-state index contributed by atoms with van der Waals surface area (Å²) in [4.78, 5) is 16.6. The largest absolute Gasteiger partial charge is 0.350 e. The lowest BCUT2D eigenvalue weighted by atomic mass is 10.1. The molecule has 134 valence electrons. The second-order valence-corrected chi connectivity index (χ2v) is 6.44. The van der Waals surface area contributed by atoms with Crippen molar-refractivity contribution in [2.45, 2.75) is 0 Å². The summed E-state index contributed by atoms with van der Waals surface area (Å²) in [6, 6.07) is 13.2. The SMILES string of the molecule is O=C(Nc1nc(-c2ccc(F)cc2)cs1)c1cc(-c2cccc(F)c2)no1. The van der Waals surface area contributed by atoms with Crippen LogP contribution in [0.3, 0.4) is 0 Å². The van der Waals surface area contributed by atoms with Crippen molar-refractivity contribution in [1.82, 2.24) is 10.1 Å². The highest BCUT2D eigenvalue weighted by molar-refractivity contribution is 7.14. The van der Waals surface area contributed by atoms with Crippen LogP contribution in [0, 0.1) is 11.6 Å². The molecule has 4 rings (SSSR count). The van der Waals surface area contributed by atoms with E-state index >= 15 is 0 Å². The number of hydrogen-bond donors (Lipinski definition) is 1. The molecule has 0 aliphatic heterocycles. The van der Waals surface area contributed by atoms with Crippen LogP contribution in [0.15, 0.2) is 64.5 Å². The number of aromatic nitrogens is 2. The Morgan fingerprint density at radius 1 is 0.963 bits per heavy atom. The third-order valence-corrected chi connectivity index (χ3v) is 4.48. The lowest BCUT2D eigenvalue weighted by molar-refractivity contribution is 0.0988. The monoisotopic (exact) mass is 383 g/mol. The first-order chi connectivity index (χ1) is 13.1. The minimum atomic E-state index is -0.523. The van der Waals surface area contributed by atoms with Crippen molar-refractivity contribution in [2.24, 2.45) is 0 Å². The quantitative estimate of drug-likeness (QED) is 0.539. The van der Waals surface area contributed by atoms with Gasteiger partial charge in [0, 0.05) is 22.6 Å². The molecule has 2 aromatic heterocycles. The van der Waals surface area contributed by atoms with Gasteiger partial charge < -0.3 is 4.52 Å². The third-order valence-electron chi connectivity index (χ3n) is 3.72. The maximum absolute atomic E-state index is 13.3. The fourth-order valence-corrected chi connectivity index (χ4v) is 3.12. The Morgan fingerprint density at radius 2 is 1.78 bits per heavy atom. The summed E-state index contributed by atoms with van der Waals surface area (Å²) in [7, 11) is 0. The van der Waals surface area contributed by atoms with Crippen LogP contribution in [0.25, 0.3) is 22.5 Å². The Hall–Kier alpha value is -3.39. The van der Waals surface area contributed by atoms with E-state index in [9.17, 15) is 13.6 Å². The first-order valence-electron chi connectivity index (χ1n) is 7.84. The van der Waals surface area contributed by atoms with Gasteiger partial charge in [0.25, 0.3) is 5.91 Å². The van der Waals surface area contributed by atoms with Gasteiger partial charge in [-0.15, -0.1) is 11.3 Å². The number of halogens is 2. The first kappa shape index (κ1) is 17.0. The molecule has 0 fully saturated rings. The molecular weight excluding hydrogens is 372 g/mol. The average molecular weight is 383 g/mol. The van der Waals surface area contributed by atoms with Gasteiger partial charge in [-0.3, -0.25) is 10.1 Å². The second kappa shape index (κ2) is 7.08. The smallest absolute Gasteiger partial charge is 0.296 e. The minimum Gasteiger partial charge on any atom is -0.350 e. The zero-order chi connectivity index (χ0) is 18.8. The third kappa shape index (κ3) is 3.75. The summed E-state index contributed by atoms with van der Waals surface area (Å²) in [6.07, 6.45) is 0. The number of rotatable bonds is 4. The molecule has 4 aromatic rings. The van der Waals surface area contributed by atoms with E-state index in [1.165, 1.54) is 41.7 Å². The number of benzene rings is 2. The number of thiazole rings is 1. The van der Waals surface area contributed by atoms with E-state index < -0.39 is 11.7 Å². The Morgan fingerprint density at radius 3 is 2.56 bits per heavy atom. The van der Waals surface area contributed by atoms with Gasteiger partial charge in [0.15, 0.2) is 5.13 Å². The van der Waals surface area contributed by atoms with Crippen LogP contribution in [0.2, 0.25) is 0 Å². The number of nitrogens with one attached hydrogen (secondary N) is 1.